The SMILES string of the molecule is C[C@H](CC(=O)N1CCC(O)(Cn2cnc3c(-c4ccc(CN)cc4)n(C)nc3c2=O)CC1)c1cc(F)cc(F)c1. The zero-order valence-corrected chi connectivity index (χ0v) is 22.5. The number of amides is 1. The normalized spacial score (nSPS) is 15.9. The van der Waals surface area contributed by atoms with E-state index in [9.17, 15) is 23.5 Å². The summed E-state index contributed by atoms with van der Waals surface area (Å²) < 4.78 is 30.2. The van der Waals surface area contributed by atoms with Crippen molar-refractivity contribution in [2.24, 2.45) is 12.8 Å². The Morgan fingerprint density at radius 2 is 1.75 bits per heavy atom. The highest BCUT2D eigenvalue weighted by atomic mass is 19.1. The fraction of sp³-hybridized carbons (Fsp3) is 0.379. The number of piperidine rings is 1. The lowest BCUT2D eigenvalue weighted by Crippen LogP contribution is -2.49. The van der Waals surface area contributed by atoms with Crippen LogP contribution in [0.1, 0.15) is 43.2 Å². The monoisotopic (exact) mass is 550 g/mol. The Bertz CT molecular complexity index is 1590. The number of hydrogen-bond donors (Lipinski definition) is 2. The van der Waals surface area contributed by atoms with Gasteiger partial charge in [-0.25, -0.2) is 13.8 Å². The van der Waals surface area contributed by atoms with Crippen LogP contribution in [-0.4, -0.2) is 53.9 Å². The van der Waals surface area contributed by atoms with Gasteiger partial charge in [0.1, 0.15) is 17.2 Å². The van der Waals surface area contributed by atoms with Gasteiger partial charge < -0.3 is 15.7 Å². The molecule has 1 saturated heterocycles. The number of benzene rings is 2. The molecule has 3 N–H and O–H groups in total. The molecule has 1 aliphatic heterocycles. The lowest BCUT2D eigenvalue weighted by Gasteiger charge is -2.38. The first-order valence-electron chi connectivity index (χ1n) is 13.2. The zero-order valence-electron chi connectivity index (χ0n) is 22.5. The predicted molar refractivity (Wildman–Crippen MR) is 146 cm³/mol. The topological polar surface area (TPSA) is 119 Å². The molecule has 5 rings (SSSR count). The van der Waals surface area contributed by atoms with Crippen LogP contribution in [0.15, 0.2) is 53.6 Å². The molecule has 1 atom stereocenters. The fourth-order valence-corrected chi connectivity index (χ4v) is 5.35. The Kier molecular flexibility index (Phi) is 7.52. The Balaban J connectivity index is 1.26. The second-order valence-electron chi connectivity index (χ2n) is 10.7. The molecule has 0 saturated carbocycles. The lowest BCUT2D eigenvalue weighted by atomic mass is 9.90. The Labute approximate surface area is 229 Å². The Morgan fingerprint density at radius 3 is 2.38 bits per heavy atom. The predicted octanol–water partition coefficient (Wildman–Crippen LogP) is 3.08. The lowest BCUT2D eigenvalue weighted by molar-refractivity contribution is -0.136. The van der Waals surface area contributed by atoms with Crippen LogP contribution in [0.3, 0.4) is 0 Å². The first-order chi connectivity index (χ1) is 19.1. The number of aromatic nitrogens is 4. The fourth-order valence-electron chi connectivity index (χ4n) is 5.35. The minimum atomic E-state index is -1.21. The van der Waals surface area contributed by atoms with Crippen molar-refractivity contribution in [3.63, 3.8) is 0 Å². The molecule has 9 nitrogen and oxygen atoms in total. The van der Waals surface area contributed by atoms with Gasteiger partial charge in [-0.05, 0) is 42.0 Å². The minimum Gasteiger partial charge on any atom is -0.388 e. The van der Waals surface area contributed by atoms with Crippen molar-refractivity contribution in [2.45, 2.75) is 50.8 Å². The zero-order chi connectivity index (χ0) is 28.6. The van der Waals surface area contributed by atoms with Gasteiger partial charge in [0.25, 0.3) is 5.56 Å². The minimum absolute atomic E-state index is 0.0207. The van der Waals surface area contributed by atoms with Crippen LogP contribution in [0.25, 0.3) is 22.3 Å². The third-order valence-electron chi connectivity index (χ3n) is 7.72. The summed E-state index contributed by atoms with van der Waals surface area (Å²) in [5.41, 5.74) is 7.81. The largest absolute Gasteiger partial charge is 0.388 e. The van der Waals surface area contributed by atoms with Gasteiger partial charge in [-0.3, -0.25) is 18.8 Å². The van der Waals surface area contributed by atoms with E-state index in [1.807, 2.05) is 24.3 Å². The van der Waals surface area contributed by atoms with Gasteiger partial charge >= 0.3 is 0 Å². The van der Waals surface area contributed by atoms with E-state index in [2.05, 4.69) is 10.1 Å². The molecule has 2 aromatic heterocycles. The third-order valence-corrected chi connectivity index (χ3v) is 7.72. The highest BCUT2D eigenvalue weighted by Gasteiger charge is 2.35. The van der Waals surface area contributed by atoms with Crippen molar-refractivity contribution >= 4 is 16.9 Å². The first-order valence-corrected chi connectivity index (χ1v) is 13.2. The van der Waals surface area contributed by atoms with Crippen molar-refractivity contribution in [3.05, 3.63) is 81.9 Å². The molecule has 0 unspecified atom stereocenters. The van der Waals surface area contributed by atoms with Crippen LogP contribution in [-0.2, 0) is 24.9 Å². The van der Waals surface area contributed by atoms with Gasteiger partial charge in [-0.15, -0.1) is 0 Å². The van der Waals surface area contributed by atoms with Crippen LogP contribution in [0, 0.1) is 11.6 Å². The van der Waals surface area contributed by atoms with E-state index < -0.39 is 17.2 Å². The highest BCUT2D eigenvalue weighted by Crippen LogP contribution is 2.28. The molecule has 1 fully saturated rings. The van der Waals surface area contributed by atoms with Gasteiger partial charge in [0.05, 0.1) is 24.2 Å². The molecule has 11 heteroatoms. The molecule has 1 amide bonds. The number of hydrogen-bond acceptors (Lipinski definition) is 6. The maximum absolute atomic E-state index is 13.6. The maximum atomic E-state index is 13.6. The number of nitrogens with two attached hydrogens (primary N) is 1. The number of carbonyl (C=O) groups is 1. The van der Waals surface area contributed by atoms with Gasteiger partial charge in [0, 0.05) is 44.7 Å². The van der Waals surface area contributed by atoms with Crippen LogP contribution in [0.2, 0.25) is 0 Å². The first kappa shape index (κ1) is 27.6. The van der Waals surface area contributed by atoms with Crippen LogP contribution in [0.5, 0.6) is 0 Å². The smallest absolute Gasteiger partial charge is 0.281 e. The van der Waals surface area contributed by atoms with Crippen molar-refractivity contribution in [2.75, 3.05) is 13.1 Å². The summed E-state index contributed by atoms with van der Waals surface area (Å²) in [6.07, 6.45) is 2.07. The molecule has 0 spiro atoms. The van der Waals surface area contributed by atoms with Crippen molar-refractivity contribution < 1.29 is 18.7 Å². The van der Waals surface area contributed by atoms with Crippen molar-refractivity contribution in [1.82, 2.24) is 24.2 Å². The number of carbonyl (C=O) groups excluding carboxylic acids is 1. The summed E-state index contributed by atoms with van der Waals surface area (Å²) in [7, 11) is 1.75. The van der Waals surface area contributed by atoms with E-state index in [-0.39, 0.29) is 48.7 Å². The van der Waals surface area contributed by atoms with E-state index in [4.69, 9.17) is 5.73 Å². The van der Waals surface area contributed by atoms with Crippen LogP contribution >= 0.6 is 0 Å². The van der Waals surface area contributed by atoms with E-state index >= 15 is 0 Å². The molecular formula is C29H32F2N6O3. The number of rotatable bonds is 7. The molecule has 40 heavy (non-hydrogen) atoms. The van der Waals surface area contributed by atoms with Gasteiger partial charge in [0.2, 0.25) is 5.91 Å². The maximum Gasteiger partial charge on any atom is 0.281 e. The average molecular weight is 551 g/mol. The molecule has 3 heterocycles. The number of fused-ring (bicyclic) bond motifs is 1. The summed E-state index contributed by atoms with van der Waals surface area (Å²) >= 11 is 0. The Morgan fingerprint density at radius 1 is 1.10 bits per heavy atom. The number of likely N-dealkylation sites (tertiary alicyclic amines) is 1. The van der Waals surface area contributed by atoms with Crippen LogP contribution in [0.4, 0.5) is 8.78 Å². The number of aliphatic hydroxyl groups is 1. The molecular weight excluding hydrogens is 518 g/mol. The van der Waals surface area contributed by atoms with Crippen molar-refractivity contribution in [3.8, 4) is 11.3 Å². The summed E-state index contributed by atoms with van der Waals surface area (Å²) in [5, 5.41) is 15.7. The second-order valence-corrected chi connectivity index (χ2v) is 10.7. The molecule has 2 aromatic carbocycles. The molecule has 210 valence electrons. The summed E-state index contributed by atoms with van der Waals surface area (Å²) in [5.74, 6) is -1.87. The third kappa shape index (κ3) is 5.52. The molecule has 0 radical (unpaired) electrons. The molecule has 1 aliphatic rings. The summed E-state index contributed by atoms with van der Waals surface area (Å²) in [6.45, 7) is 2.81. The van der Waals surface area contributed by atoms with Gasteiger partial charge in [0.15, 0.2) is 5.52 Å². The quantitative estimate of drug-likeness (QED) is 0.365. The van der Waals surface area contributed by atoms with Crippen LogP contribution < -0.4 is 11.3 Å². The van der Waals surface area contributed by atoms with Gasteiger partial charge in [-0.2, -0.15) is 5.10 Å². The number of nitrogens with zero attached hydrogens (tertiary/aromatic N) is 5. The highest BCUT2D eigenvalue weighted by molar-refractivity contribution is 5.89. The molecule has 0 bridgehead atoms. The van der Waals surface area contributed by atoms with Crippen molar-refractivity contribution in [1.29, 1.82) is 0 Å². The summed E-state index contributed by atoms with van der Waals surface area (Å²) in [6, 6.07) is 11.0. The van der Waals surface area contributed by atoms with Gasteiger partial charge in [-0.1, -0.05) is 31.2 Å². The van der Waals surface area contributed by atoms with E-state index in [1.165, 1.54) is 23.0 Å². The average Bonchev–Trinajstić information content (AvgIpc) is 3.26. The Hall–Kier alpha value is -3.96. The molecule has 4 aromatic rings. The standard InChI is InChI=1S/C29H32F2N6O3/c1-18(21-12-22(30)14-23(31)13-21)11-24(38)36-9-7-29(40,8-10-36)16-37-17-33-25-26(28(37)39)34-35(2)27(25)20-5-3-19(15-32)4-6-20/h3-6,12-14,17-18,40H,7-11,15-16,32H2,1-2H3/t18-/m1/s1. The molecule has 0 aliphatic carbocycles. The number of halogens is 2. The van der Waals surface area contributed by atoms with E-state index in [0.717, 1.165) is 17.2 Å². The second kappa shape index (κ2) is 10.9. The number of aryl methyl sites for hydroxylation is 1. The van der Waals surface area contributed by atoms with E-state index in [1.54, 1.807) is 23.6 Å². The van der Waals surface area contributed by atoms with E-state index in [0.29, 0.717) is 36.4 Å². The summed E-state index contributed by atoms with van der Waals surface area (Å²) in [4.78, 5) is 32.4.